The van der Waals surface area contributed by atoms with Gasteiger partial charge in [0.1, 0.15) is 11.7 Å². The number of aromatic nitrogens is 2. The predicted molar refractivity (Wildman–Crippen MR) is 166 cm³/mol. The predicted octanol–water partition coefficient (Wildman–Crippen LogP) is 5.04. The number of benzene rings is 2. The Kier molecular flexibility index (Phi) is 8.32. The Morgan fingerprint density at radius 1 is 1.02 bits per heavy atom. The van der Waals surface area contributed by atoms with E-state index in [0.29, 0.717) is 5.69 Å². The molecule has 5 rings (SSSR count). The molecule has 0 saturated carbocycles. The highest BCUT2D eigenvalue weighted by molar-refractivity contribution is 7.92. The van der Waals surface area contributed by atoms with E-state index < -0.39 is 33.9 Å². The topological polar surface area (TPSA) is 131 Å². The fourth-order valence-electron chi connectivity index (χ4n) is 5.60. The van der Waals surface area contributed by atoms with Gasteiger partial charge in [-0.1, -0.05) is 38.1 Å². The standard InChI is InChI=1S/C32H39N5O6S/c1-19(2)26-18-36(31(39)43-32(5,6)7)16-23-17-37(26)29(38)22-12-9-13-24(14-22)44(40,41)35-30-33-25(15-27(34-30)42-23)28-20(3)10-8-11-21(28)4/h8-15,19,23,26H,16-18H2,1-7H3,(H,33,34,35)/t23-,26+/m1/s1. The van der Waals surface area contributed by atoms with Crippen molar-refractivity contribution >= 4 is 28.0 Å². The van der Waals surface area contributed by atoms with Gasteiger partial charge < -0.3 is 19.3 Å². The summed E-state index contributed by atoms with van der Waals surface area (Å²) in [5, 5.41) is 0. The molecule has 12 heteroatoms. The van der Waals surface area contributed by atoms with E-state index in [-0.39, 0.29) is 53.7 Å². The van der Waals surface area contributed by atoms with Crippen LogP contribution >= 0.6 is 0 Å². The maximum absolute atomic E-state index is 14.1. The fourth-order valence-corrected chi connectivity index (χ4v) is 6.59. The van der Waals surface area contributed by atoms with Crippen LogP contribution < -0.4 is 9.46 Å². The molecule has 3 aromatic rings. The molecule has 1 saturated heterocycles. The number of hydrogen-bond donors (Lipinski definition) is 1. The second-order valence-electron chi connectivity index (χ2n) is 12.7. The number of anilines is 1. The number of aryl methyl sites for hydroxylation is 2. The number of rotatable bonds is 2. The van der Waals surface area contributed by atoms with Crippen LogP contribution in [-0.2, 0) is 14.8 Å². The van der Waals surface area contributed by atoms with Gasteiger partial charge in [0.2, 0.25) is 11.8 Å². The van der Waals surface area contributed by atoms with Crippen LogP contribution in [0.5, 0.6) is 5.88 Å². The molecule has 3 heterocycles. The van der Waals surface area contributed by atoms with Gasteiger partial charge in [-0.3, -0.25) is 4.79 Å². The molecule has 2 aliphatic heterocycles. The number of amides is 2. The van der Waals surface area contributed by atoms with Crippen LogP contribution in [-0.4, -0.2) is 77.6 Å². The number of carbonyl (C=O) groups excluding carboxylic acids is 2. The third kappa shape index (κ3) is 6.64. The minimum Gasteiger partial charge on any atom is -0.470 e. The summed E-state index contributed by atoms with van der Waals surface area (Å²) >= 11 is 0. The van der Waals surface area contributed by atoms with Crippen LogP contribution in [0.3, 0.4) is 0 Å². The molecule has 2 amide bonds. The molecule has 1 fully saturated rings. The third-order valence-electron chi connectivity index (χ3n) is 7.66. The van der Waals surface area contributed by atoms with Gasteiger partial charge in [0.05, 0.1) is 29.7 Å². The first-order valence-corrected chi connectivity index (χ1v) is 16.1. The lowest BCUT2D eigenvalue weighted by molar-refractivity contribution is 0.0176. The zero-order valence-electron chi connectivity index (χ0n) is 26.1. The number of sulfonamides is 1. The molecule has 2 atom stereocenters. The van der Waals surface area contributed by atoms with Gasteiger partial charge >= 0.3 is 6.09 Å². The minimum atomic E-state index is -4.17. The van der Waals surface area contributed by atoms with E-state index >= 15 is 0 Å². The van der Waals surface area contributed by atoms with Crippen molar-refractivity contribution in [1.29, 1.82) is 0 Å². The van der Waals surface area contributed by atoms with Crippen LogP contribution in [0.25, 0.3) is 11.3 Å². The van der Waals surface area contributed by atoms with Gasteiger partial charge in [0, 0.05) is 23.7 Å². The number of nitrogens with zero attached hydrogens (tertiary/aromatic N) is 4. The number of carbonyl (C=O) groups is 2. The molecule has 44 heavy (non-hydrogen) atoms. The number of ether oxygens (including phenoxy) is 2. The highest BCUT2D eigenvalue weighted by Crippen LogP contribution is 2.31. The van der Waals surface area contributed by atoms with Crippen molar-refractivity contribution in [2.45, 2.75) is 71.1 Å². The maximum Gasteiger partial charge on any atom is 0.410 e. The van der Waals surface area contributed by atoms with Gasteiger partial charge in [0.25, 0.3) is 15.9 Å². The van der Waals surface area contributed by atoms with Crippen molar-refractivity contribution in [3.05, 3.63) is 65.2 Å². The number of fused-ring (bicyclic) bond motifs is 6. The molecular weight excluding hydrogens is 582 g/mol. The maximum atomic E-state index is 14.1. The number of hydrogen-bond acceptors (Lipinski definition) is 8. The van der Waals surface area contributed by atoms with Gasteiger partial charge in [-0.05, 0) is 69.9 Å². The van der Waals surface area contributed by atoms with Crippen molar-refractivity contribution in [1.82, 2.24) is 19.8 Å². The summed E-state index contributed by atoms with van der Waals surface area (Å²) in [5.41, 5.74) is 2.65. The Labute approximate surface area is 258 Å². The average molecular weight is 622 g/mol. The van der Waals surface area contributed by atoms with Gasteiger partial charge in [-0.25, -0.2) is 22.9 Å². The summed E-state index contributed by atoms with van der Waals surface area (Å²) in [6.45, 7) is 13.7. The SMILES string of the molecule is Cc1cccc(C)c1-c1cc2nc(n1)NS(=O)(=O)c1cccc(c1)C(=O)N1C[C@@H](CN(C(=O)OC(C)(C)C)C[C@H]1C(C)C)O2. The lowest BCUT2D eigenvalue weighted by atomic mass is 10.00. The molecule has 0 radical (unpaired) electrons. The summed E-state index contributed by atoms with van der Waals surface area (Å²) in [5.74, 6) is -0.488. The first kappa shape index (κ1) is 31.2. The molecule has 1 N–H and O–H groups in total. The molecule has 0 spiro atoms. The van der Waals surface area contributed by atoms with Crippen LogP contribution in [0.1, 0.15) is 56.1 Å². The summed E-state index contributed by atoms with van der Waals surface area (Å²) in [6.07, 6.45) is -1.23. The molecular formula is C32H39N5O6S. The van der Waals surface area contributed by atoms with E-state index in [0.717, 1.165) is 16.7 Å². The summed E-state index contributed by atoms with van der Waals surface area (Å²) in [4.78, 5) is 39.7. The van der Waals surface area contributed by atoms with Crippen LogP contribution in [0, 0.1) is 19.8 Å². The van der Waals surface area contributed by atoms with Crippen molar-refractivity contribution in [3.8, 4) is 17.1 Å². The molecule has 0 unspecified atom stereocenters. The highest BCUT2D eigenvalue weighted by atomic mass is 32.2. The molecule has 6 bridgehead atoms. The van der Waals surface area contributed by atoms with Gasteiger partial charge in [-0.2, -0.15) is 4.98 Å². The van der Waals surface area contributed by atoms with Crippen molar-refractivity contribution in [2.75, 3.05) is 24.4 Å². The van der Waals surface area contributed by atoms with Gasteiger partial charge in [0.15, 0.2) is 0 Å². The number of nitrogens with one attached hydrogen (secondary N) is 1. The van der Waals surface area contributed by atoms with Crippen molar-refractivity contribution in [3.63, 3.8) is 0 Å². The van der Waals surface area contributed by atoms with E-state index in [1.807, 2.05) is 45.9 Å². The van der Waals surface area contributed by atoms with E-state index in [9.17, 15) is 18.0 Å². The molecule has 0 aliphatic carbocycles. The van der Waals surface area contributed by atoms with Crippen LogP contribution in [0.15, 0.2) is 53.4 Å². The Bertz CT molecular complexity index is 1680. The second-order valence-corrected chi connectivity index (χ2v) is 14.4. The quantitative estimate of drug-likeness (QED) is 0.421. The Morgan fingerprint density at radius 2 is 1.70 bits per heavy atom. The van der Waals surface area contributed by atoms with E-state index in [1.165, 1.54) is 18.2 Å². The van der Waals surface area contributed by atoms with E-state index in [2.05, 4.69) is 14.7 Å². The summed E-state index contributed by atoms with van der Waals surface area (Å²) in [6, 6.07) is 13.0. The average Bonchev–Trinajstić information content (AvgIpc) is 3.11. The zero-order chi connectivity index (χ0) is 32.0. The van der Waals surface area contributed by atoms with Crippen molar-refractivity contribution < 1.29 is 27.5 Å². The fraction of sp³-hybridized carbons (Fsp3) is 0.438. The largest absolute Gasteiger partial charge is 0.470 e. The zero-order valence-corrected chi connectivity index (χ0v) is 26.9. The molecule has 234 valence electrons. The normalized spacial score (nSPS) is 20.0. The lowest BCUT2D eigenvalue weighted by Gasteiger charge is -2.35. The van der Waals surface area contributed by atoms with Crippen LogP contribution in [0.4, 0.5) is 10.7 Å². The highest BCUT2D eigenvalue weighted by Gasteiger charge is 2.39. The first-order valence-electron chi connectivity index (χ1n) is 14.7. The van der Waals surface area contributed by atoms with Crippen molar-refractivity contribution in [2.24, 2.45) is 5.92 Å². The summed E-state index contributed by atoms with van der Waals surface area (Å²) in [7, 11) is -4.17. The Morgan fingerprint density at radius 3 is 2.36 bits per heavy atom. The second kappa shape index (κ2) is 11.7. The van der Waals surface area contributed by atoms with Crippen LogP contribution in [0.2, 0.25) is 0 Å². The minimum absolute atomic E-state index is 0.0480. The summed E-state index contributed by atoms with van der Waals surface area (Å²) < 4.78 is 41.7. The first-order chi connectivity index (χ1) is 20.6. The third-order valence-corrected chi connectivity index (χ3v) is 8.98. The molecule has 2 aliphatic rings. The van der Waals surface area contributed by atoms with Gasteiger partial charge in [-0.15, -0.1) is 0 Å². The monoisotopic (exact) mass is 621 g/mol. The molecule has 2 aromatic carbocycles. The molecule has 11 nitrogen and oxygen atoms in total. The molecule has 1 aromatic heterocycles. The Hall–Kier alpha value is -4.19. The lowest BCUT2D eigenvalue weighted by Crippen LogP contribution is -2.49. The smallest absolute Gasteiger partial charge is 0.410 e. The van der Waals surface area contributed by atoms with E-state index in [4.69, 9.17) is 9.47 Å². The Balaban J connectivity index is 1.69. The van der Waals surface area contributed by atoms with E-state index in [1.54, 1.807) is 42.7 Å².